The first-order valence-electron chi connectivity index (χ1n) is 8.19. The van der Waals surface area contributed by atoms with E-state index in [2.05, 4.69) is 32.2 Å². The fourth-order valence-corrected chi connectivity index (χ4v) is 4.12. The summed E-state index contributed by atoms with van der Waals surface area (Å²) in [5.74, 6) is 1.10. The molecule has 3 heteroatoms. The fourth-order valence-electron chi connectivity index (χ4n) is 4.12. The summed E-state index contributed by atoms with van der Waals surface area (Å²) in [7, 11) is 0. The van der Waals surface area contributed by atoms with Gasteiger partial charge in [0.2, 0.25) is 0 Å². The molecule has 0 bridgehead atoms. The maximum Gasteiger partial charge on any atom is 0.125 e. The maximum absolute atomic E-state index is 5.84. The van der Waals surface area contributed by atoms with E-state index >= 15 is 0 Å². The van der Waals surface area contributed by atoms with Gasteiger partial charge in [0, 0.05) is 11.2 Å². The van der Waals surface area contributed by atoms with Gasteiger partial charge < -0.3 is 10.1 Å². The summed E-state index contributed by atoms with van der Waals surface area (Å²) in [6.45, 7) is 7.20. The first kappa shape index (κ1) is 16.5. The summed E-state index contributed by atoms with van der Waals surface area (Å²) in [4.78, 5) is 0. The largest absolute Gasteiger partial charge is 0.493 e. The minimum absolute atomic E-state index is 0. The lowest BCUT2D eigenvalue weighted by Crippen LogP contribution is -2.43. The van der Waals surface area contributed by atoms with Gasteiger partial charge in [-0.3, -0.25) is 0 Å². The van der Waals surface area contributed by atoms with Crippen molar-refractivity contribution in [1.82, 2.24) is 0 Å². The van der Waals surface area contributed by atoms with Crippen molar-refractivity contribution < 1.29 is 4.74 Å². The van der Waals surface area contributed by atoms with Crippen LogP contribution < -0.4 is 10.1 Å². The fraction of sp³-hybridized carbons (Fsp3) is 0.667. The third kappa shape index (κ3) is 3.01. The lowest BCUT2D eigenvalue weighted by molar-refractivity contribution is 0.296. The molecule has 0 atom stereocenters. The van der Waals surface area contributed by atoms with Crippen LogP contribution >= 0.6 is 12.4 Å². The quantitative estimate of drug-likeness (QED) is 0.812. The van der Waals surface area contributed by atoms with E-state index in [9.17, 15) is 0 Å². The summed E-state index contributed by atoms with van der Waals surface area (Å²) in [6.07, 6.45) is 9.37. The van der Waals surface area contributed by atoms with Crippen LogP contribution in [0.25, 0.3) is 0 Å². The zero-order chi connectivity index (χ0) is 14.2. The molecule has 1 saturated carbocycles. The standard InChI is InChI=1S/C18H27NO.ClH/c1-4-20-17-13(2)12-16-15(14(17)3)8-11-18(19-16)9-6-5-7-10-18;/h12,19H,4-11H2,1-3H3;1H. The minimum atomic E-state index is 0. The second kappa shape index (κ2) is 6.48. The molecule has 1 aliphatic carbocycles. The lowest BCUT2D eigenvalue weighted by atomic mass is 9.74. The Balaban J connectivity index is 0.00000161. The van der Waals surface area contributed by atoms with Gasteiger partial charge in [0.1, 0.15) is 5.75 Å². The number of hydrogen-bond acceptors (Lipinski definition) is 2. The molecule has 1 N–H and O–H groups in total. The first-order valence-corrected chi connectivity index (χ1v) is 8.19. The molecule has 118 valence electrons. The van der Waals surface area contributed by atoms with Crippen LogP contribution in [0.3, 0.4) is 0 Å². The second-order valence-electron chi connectivity index (χ2n) is 6.57. The smallest absolute Gasteiger partial charge is 0.125 e. The van der Waals surface area contributed by atoms with E-state index in [1.807, 2.05) is 0 Å². The highest BCUT2D eigenvalue weighted by molar-refractivity contribution is 5.85. The van der Waals surface area contributed by atoms with Crippen LogP contribution in [0.2, 0.25) is 0 Å². The molecule has 1 spiro atoms. The van der Waals surface area contributed by atoms with Crippen LogP contribution in [0.5, 0.6) is 5.75 Å². The first-order chi connectivity index (χ1) is 9.65. The Morgan fingerprint density at radius 1 is 1.14 bits per heavy atom. The van der Waals surface area contributed by atoms with Crippen LogP contribution in [0.1, 0.15) is 62.1 Å². The Morgan fingerprint density at radius 3 is 2.52 bits per heavy atom. The highest BCUT2D eigenvalue weighted by Crippen LogP contribution is 2.43. The Bertz CT molecular complexity index is 506. The van der Waals surface area contributed by atoms with Crippen molar-refractivity contribution in [3.05, 3.63) is 22.8 Å². The molecule has 0 radical (unpaired) electrons. The number of rotatable bonds is 2. The summed E-state index contributed by atoms with van der Waals surface area (Å²) in [5, 5.41) is 3.91. The van der Waals surface area contributed by atoms with Gasteiger partial charge in [0.25, 0.3) is 0 Å². The molecule has 1 heterocycles. The zero-order valence-electron chi connectivity index (χ0n) is 13.6. The van der Waals surface area contributed by atoms with Crippen LogP contribution in [-0.2, 0) is 6.42 Å². The molecule has 0 amide bonds. The molecule has 3 rings (SSSR count). The third-order valence-corrected chi connectivity index (χ3v) is 5.19. The molecule has 0 saturated heterocycles. The molecule has 1 aliphatic heterocycles. The van der Waals surface area contributed by atoms with E-state index in [-0.39, 0.29) is 12.4 Å². The Labute approximate surface area is 135 Å². The van der Waals surface area contributed by atoms with Crippen LogP contribution in [0.15, 0.2) is 6.07 Å². The topological polar surface area (TPSA) is 21.3 Å². The van der Waals surface area contributed by atoms with Gasteiger partial charge in [0.05, 0.1) is 6.61 Å². The SMILES string of the molecule is CCOc1c(C)cc2c(c1C)CCC1(CCCCC1)N2.Cl. The van der Waals surface area contributed by atoms with Crippen LogP contribution in [-0.4, -0.2) is 12.1 Å². The maximum atomic E-state index is 5.84. The van der Waals surface area contributed by atoms with Crippen LogP contribution in [0.4, 0.5) is 5.69 Å². The molecule has 21 heavy (non-hydrogen) atoms. The van der Waals surface area contributed by atoms with E-state index in [1.165, 1.54) is 67.3 Å². The molecule has 2 aliphatic rings. The van der Waals surface area contributed by atoms with Gasteiger partial charge in [-0.1, -0.05) is 19.3 Å². The van der Waals surface area contributed by atoms with E-state index in [0.29, 0.717) is 5.54 Å². The van der Waals surface area contributed by atoms with Crippen molar-refractivity contribution in [3.8, 4) is 5.75 Å². The van der Waals surface area contributed by atoms with E-state index < -0.39 is 0 Å². The minimum Gasteiger partial charge on any atom is -0.493 e. The molecule has 0 unspecified atom stereocenters. The number of nitrogens with one attached hydrogen (secondary N) is 1. The molecular weight excluding hydrogens is 282 g/mol. The lowest BCUT2D eigenvalue weighted by Gasteiger charge is -2.43. The van der Waals surface area contributed by atoms with Crippen molar-refractivity contribution in [2.45, 2.75) is 71.3 Å². The number of benzene rings is 1. The van der Waals surface area contributed by atoms with Gasteiger partial charge >= 0.3 is 0 Å². The van der Waals surface area contributed by atoms with Gasteiger partial charge in [-0.05, 0) is 69.2 Å². The number of anilines is 1. The van der Waals surface area contributed by atoms with Gasteiger partial charge in [-0.15, -0.1) is 12.4 Å². The monoisotopic (exact) mass is 309 g/mol. The summed E-state index contributed by atoms with van der Waals surface area (Å²) >= 11 is 0. The number of aryl methyl sites for hydroxylation is 1. The Hall–Kier alpha value is -0.890. The number of hydrogen-bond donors (Lipinski definition) is 1. The highest BCUT2D eigenvalue weighted by atomic mass is 35.5. The number of fused-ring (bicyclic) bond motifs is 1. The van der Waals surface area contributed by atoms with Crippen molar-refractivity contribution >= 4 is 18.1 Å². The molecule has 1 aromatic rings. The van der Waals surface area contributed by atoms with Crippen molar-refractivity contribution in [2.24, 2.45) is 0 Å². The van der Waals surface area contributed by atoms with Gasteiger partial charge in [-0.25, -0.2) is 0 Å². The molecular formula is C18H28ClNO. The summed E-state index contributed by atoms with van der Waals surface area (Å²) in [5.41, 5.74) is 5.85. The third-order valence-electron chi connectivity index (χ3n) is 5.19. The average molecular weight is 310 g/mol. The molecule has 1 aromatic carbocycles. The van der Waals surface area contributed by atoms with E-state index in [1.54, 1.807) is 0 Å². The van der Waals surface area contributed by atoms with Gasteiger partial charge in [0.15, 0.2) is 0 Å². The molecule has 2 nitrogen and oxygen atoms in total. The predicted molar refractivity (Wildman–Crippen MR) is 92.1 cm³/mol. The zero-order valence-corrected chi connectivity index (χ0v) is 14.4. The van der Waals surface area contributed by atoms with Crippen molar-refractivity contribution in [1.29, 1.82) is 0 Å². The second-order valence-corrected chi connectivity index (χ2v) is 6.57. The van der Waals surface area contributed by atoms with E-state index in [0.717, 1.165) is 12.4 Å². The van der Waals surface area contributed by atoms with Crippen molar-refractivity contribution in [3.63, 3.8) is 0 Å². The Kier molecular flexibility index (Phi) is 5.08. The van der Waals surface area contributed by atoms with E-state index in [4.69, 9.17) is 4.74 Å². The van der Waals surface area contributed by atoms with Gasteiger partial charge in [-0.2, -0.15) is 0 Å². The average Bonchev–Trinajstić information content (AvgIpc) is 2.44. The molecule has 1 fully saturated rings. The highest BCUT2D eigenvalue weighted by Gasteiger charge is 2.35. The summed E-state index contributed by atoms with van der Waals surface area (Å²) in [6, 6.07) is 2.31. The predicted octanol–water partition coefficient (Wildman–Crippen LogP) is 5.18. The summed E-state index contributed by atoms with van der Waals surface area (Å²) < 4.78 is 5.84. The number of halogens is 1. The Morgan fingerprint density at radius 2 is 1.86 bits per heavy atom. The normalized spacial score (nSPS) is 19.4. The molecule has 0 aromatic heterocycles. The number of ether oxygens (including phenoxy) is 1. The van der Waals surface area contributed by atoms with Crippen molar-refractivity contribution in [2.75, 3.05) is 11.9 Å². The van der Waals surface area contributed by atoms with Crippen LogP contribution in [0, 0.1) is 13.8 Å².